The number of nitrogens with one attached hydrogen (secondary N) is 1. The van der Waals surface area contributed by atoms with Gasteiger partial charge in [-0.1, -0.05) is 30.3 Å². The Bertz CT molecular complexity index is 357. The Hall–Kier alpha value is -1.59. The number of benzene rings is 1. The van der Waals surface area contributed by atoms with E-state index in [1.54, 1.807) is 0 Å². The van der Waals surface area contributed by atoms with Gasteiger partial charge in [-0.15, -0.1) is 0 Å². The molecule has 1 amide bonds. The van der Waals surface area contributed by atoms with E-state index < -0.39 is 6.09 Å². The van der Waals surface area contributed by atoms with Crippen molar-refractivity contribution < 1.29 is 14.6 Å². The van der Waals surface area contributed by atoms with Crippen molar-refractivity contribution >= 4 is 6.09 Å². The number of aliphatic hydroxyl groups is 1. The fourth-order valence-corrected chi connectivity index (χ4v) is 1.70. The molecule has 106 valence electrons. The molecule has 0 aromatic heterocycles. The van der Waals surface area contributed by atoms with Crippen molar-refractivity contribution in [3.05, 3.63) is 35.9 Å². The third-order valence-electron chi connectivity index (χ3n) is 2.61. The Labute approximate surface area is 114 Å². The van der Waals surface area contributed by atoms with Gasteiger partial charge < -0.3 is 20.1 Å². The van der Waals surface area contributed by atoms with E-state index in [1.165, 1.54) is 5.56 Å². The molecule has 0 aliphatic heterocycles. The summed E-state index contributed by atoms with van der Waals surface area (Å²) < 4.78 is 4.68. The van der Waals surface area contributed by atoms with E-state index in [2.05, 4.69) is 34.1 Å². The summed E-state index contributed by atoms with van der Waals surface area (Å²) in [5.74, 6) is 0. The minimum absolute atomic E-state index is 0.0414. The van der Waals surface area contributed by atoms with Crippen molar-refractivity contribution in [1.29, 1.82) is 0 Å². The number of alkyl carbamates (subject to hydrolysis) is 1. The normalized spacial score (nSPS) is 10.5. The van der Waals surface area contributed by atoms with E-state index in [0.29, 0.717) is 6.54 Å². The maximum Gasteiger partial charge on any atom is 0.407 e. The molecular formula is C14H22N2O3. The van der Waals surface area contributed by atoms with Crippen molar-refractivity contribution in [1.82, 2.24) is 10.2 Å². The highest BCUT2D eigenvalue weighted by Gasteiger charge is 2.02. The fourth-order valence-electron chi connectivity index (χ4n) is 1.70. The van der Waals surface area contributed by atoms with Crippen LogP contribution in [0, 0.1) is 0 Å². The van der Waals surface area contributed by atoms with Gasteiger partial charge in [-0.05, 0) is 25.6 Å². The number of ether oxygens (including phenoxy) is 1. The Morgan fingerprint density at radius 3 is 2.79 bits per heavy atom. The molecule has 1 rings (SSSR count). The lowest BCUT2D eigenvalue weighted by atomic mass is 10.2. The van der Waals surface area contributed by atoms with E-state index in [4.69, 9.17) is 5.11 Å². The zero-order valence-electron chi connectivity index (χ0n) is 11.3. The van der Waals surface area contributed by atoms with Crippen molar-refractivity contribution in [3.8, 4) is 0 Å². The molecule has 0 atom stereocenters. The highest BCUT2D eigenvalue weighted by atomic mass is 16.6. The van der Waals surface area contributed by atoms with Crippen molar-refractivity contribution in [2.24, 2.45) is 0 Å². The molecule has 0 aliphatic carbocycles. The summed E-state index contributed by atoms with van der Waals surface area (Å²) in [6.07, 6.45) is 0.386. The molecule has 19 heavy (non-hydrogen) atoms. The second-order valence-electron chi connectivity index (χ2n) is 4.36. The quantitative estimate of drug-likeness (QED) is 0.695. The molecule has 5 nitrogen and oxygen atoms in total. The highest BCUT2D eigenvalue weighted by molar-refractivity contribution is 5.66. The molecule has 0 saturated heterocycles. The molecule has 0 saturated carbocycles. The zero-order chi connectivity index (χ0) is 13.9. The third kappa shape index (κ3) is 7.43. The molecule has 0 unspecified atom stereocenters. The molecule has 1 aromatic rings. The van der Waals surface area contributed by atoms with Gasteiger partial charge >= 0.3 is 6.09 Å². The van der Waals surface area contributed by atoms with E-state index >= 15 is 0 Å². The van der Waals surface area contributed by atoms with Gasteiger partial charge in [-0.2, -0.15) is 0 Å². The van der Waals surface area contributed by atoms with E-state index in [-0.39, 0.29) is 13.2 Å². The molecule has 0 spiro atoms. The average molecular weight is 266 g/mol. The van der Waals surface area contributed by atoms with Crippen molar-refractivity contribution in [2.45, 2.75) is 13.0 Å². The van der Waals surface area contributed by atoms with E-state index in [0.717, 1.165) is 19.5 Å². The molecule has 5 heteroatoms. The average Bonchev–Trinajstić information content (AvgIpc) is 2.42. The topological polar surface area (TPSA) is 61.8 Å². The van der Waals surface area contributed by atoms with Crippen LogP contribution >= 0.6 is 0 Å². The second-order valence-corrected chi connectivity index (χ2v) is 4.36. The van der Waals surface area contributed by atoms with Crippen molar-refractivity contribution in [3.63, 3.8) is 0 Å². The van der Waals surface area contributed by atoms with Crippen LogP contribution in [-0.2, 0) is 11.3 Å². The summed E-state index contributed by atoms with van der Waals surface area (Å²) in [7, 11) is 2.05. The summed E-state index contributed by atoms with van der Waals surface area (Å²) in [6, 6.07) is 10.3. The molecule has 0 fully saturated rings. The highest BCUT2D eigenvalue weighted by Crippen LogP contribution is 2.02. The molecular weight excluding hydrogens is 244 g/mol. The Balaban J connectivity index is 2.07. The summed E-state index contributed by atoms with van der Waals surface area (Å²) in [6.45, 7) is 2.27. The molecule has 0 heterocycles. The summed E-state index contributed by atoms with van der Waals surface area (Å²) in [5, 5.41) is 11.1. The summed E-state index contributed by atoms with van der Waals surface area (Å²) in [5.41, 5.74) is 1.28. The van der Waals surface area contributed by atoms with Gasteiger partial charge in [0.1, 0.15) is 6.61 Å². The van der Waals surface area contributed by atoms with E-state index in [9.17, 15) is 4.79 Å². The van der Waals surface area contributed by atoms with Gasteiger partial charge in [0.2, 0.25) is 0 Å². The van der Waals surface area contributed by atoms with Gasteiger partial charge in [-0.3, -0.25) is 0 Å². The lowest BCUT2D eigenvalue weighted by Gasteiger charge is -2.16. The summed E-state index contributed by atoms with van der Waals surface area (Å²) >= 11 is 0. The van der Waals surface area contributed by atoms with Crippen LogP contribution in [0.5, 0.6) is 0 Å². The number of hydrogen-bond acceptors (Lipinski definition) is 4. The monoisotopic (exact) mass is 266 g/mol. The standard InChI is InChI=1S/C14H22N2O3/c1-16(12-13-6-3-2-4-7-13)9-5-8-15-14(18)19-11-10-17/h2-4,6-7,17H,5,8-12H2,1H3,(H,15,18). The first-order chi connectivity index (χ1) is 9.22. The number of amides is 1. The van der Waals surface area contributed by atoms with Gasteiger partial charge in [0, 0.05) is 13.1 Å². The number of hydrogen-bond donors (Lipinski definition) is 2. The first kappa shape index (κ1) is 15.5. The van der Waals surface area contributed by atoms with Gasteiger partial charge in [0.05, 0.1) is 6.61 Å². The Kier molecular flexibility index (Phi) is 7.62. The van der Waals surface area contributed by atoms with Gasteiger partial charge in [-0.25, -0.2) is 4.79 Å². The number of carbonyl (C=O) groups is 1. The number of aliphatic hydroxyl groups excluding tert-OH is 1. The minimum Gasteiger partial charge on any atom is -0.447 e. The second kappa shape index (κ2) is 9.35. The van der Waals surface area contributed by atoms with Crippen LogP contribution in [0.2, 0.25) is 0 Å². The van der Waals surface area contributed by atoms with Gasteiger partial charge in [0.25, 0.3) is 0 Å². The van der Waals surface area contributed by atoms with Crippen LogP contribution in [0.15, 0.2) is 30.3 Å². The SMILES string of the molecule is CN(CCCNC(=O)OCCO)Cc1ccccc1. The Morgan fingerprint density at radius 2 is 2.11 bits per heavy atom. The van der Waals surface area contributed by atoms with Gasteiger partial charge in [0.15, 0.2) is 0 Å². The van der Waals surface area contributed by atoms with Crippen molar-refractivity contribution in [2.75, 3.05) is 33.4 Å². The fraction of sp³-hybridized carbons (Fsp3) is 0.500. The molecule has 2 N–H and O–H groups in total. The maximum absolute atomic E-state index is 11.1. The largest absolute Gasteiger partial charge is 0.447 e. The lowest BCUT2D eigenvalue weighted by Crippen LogP contribution is -2.29. The number of nitrogens with zero attached hydrogens (tertiary/aromatic N) is 1. The zero-order valence-corrected chi connectivity index (χ0v) is 11.3. The van der Waals surface area contributed by atoms with Crippen LogP contribution in [0.1, 0.15) is 12.0 Å². The van der Waals surface area contributed by atoms with Crippen LogP contribution in [0.4, 0.5) is 4.79 Å². The predicted octanol–water partition coefficient (Wildman–Crippen LogP) is 1.23. The maximum atomic E-state index is 11.1. The first-order valence-corrected chi connectivity index (χ1v) is 6.46. The molecule has 0 aliphatic rings. The lowest BCUT2D eigenvalue weighted by molar-refractivity contribution is 0.119. The smallest absolute Gasteiger partial charge is 0.407 e. The van der Waals surface area contributed by atoms with Crippen LogP contribution in [0.25, 0.3) is 0 Å². The van der Waals surface area contributed by atoms with Crippen LogP contribution in [0.3, 0.4) is 0 Å². The minimum atomic E-state index is -0.472. The molecule has 1 aromatic carbocycles. The Morgan fingerprint density at radius 1 is 1.37 bits per heavy atom. The van der Waals surface area contributed by atoms with Crippen LogP contribution in [-0.4, -0.2) is 49.5 Å². The number of carbonyl (C=O) groups excluding carboxylic acids is 1. The molecule has 0 bridgehead atoms. The number of rotatable bonds is 8. The predicted molar refractivity (Wildman–Crippen MR) is 73.8 cm³/mol. The first-order valence-electron chi connectivity index (χ1n) is 6.46. The molecule has 0 radical (unpaired) electrons. The summed E-state index contributed by atoms with van der Waals surface area (Å²) in [4.78, 5) is 13.3. The third-order valence-corrected chi connectivity index (χ3v) is 2.61. The van der Waals surface area contributed by atoms with Crippen LogP contribution < -0.4 is 5.32 Å². The van der Waals surface area contributed by atoms with E-state index in [1.807, 2.05) is 18.2 Å².